The van der Waals surface area contributed by atoms with Crippen LogP contribution < -0.4 is 4.72 Å². The second-order valence-corrected chi connectivity index (χ2v) is 11.8. The quantitative estimate of drug-likeness (QED) is 0.457. The topological polar surface area (TPSA) is 64.0 Å². The standard InChI is InChI=1S/C27H35N3O2S/c1-27(2,3)26-25(20-30(29-26)23-16-10-11-17-23)33(31,32)28-19-18-24(21-12-6-4-7-13-21)22-14-8-5-9-15-22/h4-9,12-15,20,23-24,28H,10-11,16-19H2,1-3H3. The highest BCUT2D eigenvalue weighted by Crippen LogP contribution is 2.34. The Hall–Kier alpha value is -2.44. The van der Waals surface area contributed by atoms with Crippen LogP contribution in [0.3, 0.4) is 0 Å². The van der Waals surface area contributed by atoms with E-state index in [1.54, 1.807) is 6.20 Å². The molecule has 0 aliphatic heterocycles. The number of hydrogen-bond acceptors (Lipinski definition) is 3. The molecule has 4 rings (SSSR count). The molecular formula is C27H35N3O2S. The average Bonchev–Trinajstić information content (AvgIpc) is 3.48. The van der Waals surface area contributed by atoms with Crippen LogP contribution in [0.2, 0.25) is 0 Å². The maximum atomic E-state index is 13.4. The van der Waals surface area contributed by atoms with E-state index in [1.807, 2.05) is 61.9 Å². The van der Waals surface area contributed by atoms with Crippen molar-refractivity contribution in [2.75, 3.05) is 6.54 Å². The number of hydrogen-bond donors (Lipinski definition) is 1. The maximum absolute atomic E-state index is 13.4. The molecule has 2 aromatic carbocycles. The summed E-state index contributed by atoms with van der Waals surface area (Å²) < 4.78 is 31.6. The lowest BCUT2D eigenvalue weighted by molar-refractivity contribution is 0.448. The number of rotatable bonds is 8. The van der Waals surface area contributed by atoms with Gasteiger partial charge in [0.25, 0.3) is 0 Å². The molecule has 1 N–H and O–H groups in total. The molecule has 0 atom stereocenters. The van der Waals surface area contributed by atoms with Crippen LogP contribution in [-0.4, -0.2) is 24.7 Å². The highest BCUT2D eigenvalue weighted by atomic mass is 32.2. The Labute approximate surface area is 198 Å². The van der Waals surface area contributed by atoms with Crippen molar-refractivity contribution in [3.8, 4) is 0 Å². The van der Waals surface area contributed by atoms with E-state index in [-0.39, 0.29) is 11.3 Å². The molecule has 0 amide bonds. The summed E-state index contributed by atoms with van der Waals surface area (Å²) >= 11 is 0. The molecule has 1 heterocycles. The molecule has 1 aliphatic rings. The molecule has 0 bridgehead atoms. The van der Waals surface area contributed by atoms with Crippen molar-refractivity contribution >= 4 is 10.0 Å². The Morgan fingerprint density at radius 2 is 1.52 bits per heavy atom. The molecule has 5 nitrogen and oxygen atoms in total. The van der Waals surface area contributed by atoms with Crippen molar-refractivity contribution in [1.82, 2.24) is 14.5 Å². The fourth-order valence-electron chi connectivity index (χ4n) is 4.76. The molecule has 176 valence electrons. The third-order valence-corrected chi connectivity index (χ3v) is 7.99. The molecule has 3 aromatic rings. The lowest BCUT2D eigenvalue weighted by Gasteiger charge is -2.20. The predicted octanol–water partition coefficient (Wildman–Crippen LogP) is 5.80. The summed E-state index contributed by atoms with van der Waals surface area (Å²) in [6, 6.07) is 20.9. The Morgan fingerprint density at radius 3 is 2.03 bits per heavy atom. The predicted molar refractivity (Wildman–Crippen MR) is 133 cm³/mol. The summed E-state index contributed by atoms with van der Waals surface area (Å²) in [6.45, 7) is 6.42. The van der Waals surface area contributed by atoms with E-state index < -0.39 is 10.0 Å². The van der Waals surface area contributed by atoms with E-state index in [9.17, 15) is 8.42 Å². The largest absolute Gasteiger partial charge is 0.268 e. The molecule has 6 heteroatoms. The third kappa shape index (κ3) is 5.56. The van der Waals surface area contributed by atoms with Crippen LogP contribution in [0, 0.1) is 0 Å². The molecule has 0 saturated heterocycles. The normalized spacial score (nSPS) is 15.4. The Bertz CT molecular complexity index is 1100. The molecule has 0 unspecified atom stereocenters. The van der Waals surface area contributed by atoms with Crippen LogP contribution in [0.4, 0.5) is 0 Å². The third-order valence-electron chi connectivity index (χ3n) is 6.53. The van der Waals surface area contributed by atoms with Gasteiger partial charge in [0.2, 0.25) is 10.0 Å². The second-order valence-electron chi connectivity index (χ2n) is 10.1. The number of aromatic nitrogens is 2. The van der Waals surface area contributed by atoms with Crippen molar-refractivity contribution in [2.45, 2.75) is 75.1 Å². The highest BCUT2D eigenvalue weighted by molar-refractivity contribution is 7.89. The van der Waals surface area contributed by atoms with Crippen LogP contribution in [0.1, 0.15) is 81.7 Å². The molecule has 1 aromatic heterocycles. The van der Waals surface area contributed by atoms with Crippen molar-refractivity contribution in [2.24, 2.45) is 0 Å². The van der Waals surface area contributed by atoms with E-state index in [0.29, 0.717) is 29.6 Å². The first-order valence-electron chi connectivity index (χ1n) is 11.9. The average molecular weight is 466 g/mol. The smallest absolute Gasteiger partial charge is 0.243 e. The Morgan fingerprint density at radius 1 is 0.970 bits per heavy atom. The van der Waals surface area contributed by atoms with Crippen LogP contribution in [0.5, 0.6) is 0 Å². The summed E-state index contributed by atoms with van der Waals surface area (Å²) in [4.78, 5) is 0.317. The van der Waals surface area contributed by atoms with Crippen LogP contribution >= 0.6 is 0 Å². The van der Waals surface area contributed by atoms with Gasteiger partial charge in [0.05, 0.1) is 11.7 Å². The van der Waals surface area contributed by atoms with Gasteiger partial charge in [-0.05, 0) is 30.4 Å². The van der Waals surface area contributed by atoms with Crippen molar-refractivity contribution in [1.29, 1.82) is 0 Å². The number of nitrogens with one attached hydrogen (secondary N) is 1. The highest BCUT2D eigenvalue weighted by Gasteiger charge is 2.32. The van der Waals surface area contributed by atoms with Gasteiger partial charge in [-0.3, -0.25) is 4.68 Å². The van der Waals surface area contributed by atoms with E-state index in [1.165, 1.54) is 24.0 Å². The van der Waals surface area contributed by atoms with Crippen molar-refractivity contribution < 1.29 is 8.42 Å². The molecule has 1 saturated carbocycles. The van der Waals surface area contributed by atoms with E-state index >= 15 is 0 Å². The number of sulfonamides is 1. The summed E-state index contributed by atoms with van der Waals surface area (Å²) in [5.74, 6) is 0.124. The zero-order valence-corrected chi connectivity index (χ0v) is 20.7. The van der Waals surface area contributed by atoms with Gasteiger partial charge in [-0.25, -0.2) is 13.1 Å². The molecule has 33 heavy (non-hydrogen) atoms. The van der Waals surface area contributed by atoms with Crippen LogP contribution in [0.15, 0.2) is 71.8 Å². The van der Waals surface area contributed by atoms with E-state index in [0.717, 1.165) is 12.8 Å². The summed E-state index contributed by atoms with van der Waals surface area (Å²) in [7, 11) is -3.68. The van der Waals surface area contributed by atoms with Crippen LogP contribution in [-0.2, 0) is 15.4 Å². The van der Waals surface area contributed by atoms with E-state index in [4.69, 9.17) is 5.10 Å². The molecule has 0 radical (unpaired) electrons. The van der Waals surface area contributed by atoms with Gasteiger partial charge in [-0.15, -0.1) is 0 Å². The van der Waals surface area contributed by atoms with Gasteiger partial charge in [-0.2, -0.15) is 5.10 Å². The molecular weight excluding hydrogens is 430 g/mol. The van der Waals surface area contributed by atoms with Gasteiger partial charge in [0, 0.05) is 24.1 Å². The fourth-order valence-corrected chi connectivity index (χ4v) is 6.15. The number of benzene rings is 2. The minimum Gasteiger partial charge on any atom is -0.268 e. The van der Waals surface area contributed by atoms with Crippen LogP contribution in [0.25, 0.3) is 0 Å². The summed E-state index contributed by atoms with van der Waals surface area (Å²) in [6.07, 6.45) is 6.91. The number of nitrogens with zero attached hydrogens (tertiary/aromatic N) is 2. The van der Waals surface area contributed by atoms with Crippen molar-refractivity contribution in [3.63, 3.8) is 0 Å². The summed E-state index contributed by atoms with van der Waals surface area (Å²) in [5.41, 5.74) is 2.66. The first-order valence-corrected chi connectivity index (χ1v) is 13.4. The first kappa shape index (κ1) is 23.7. The fraction of sp³-hybridized carbons (Fsp3) is 0.444. The first-order chi connectivity index (χ1) is 15.8. The lowest BCUT2D eigenvalue weighted by atomic mass is 9.89. The zero-order valence-electron chi connectivity index (χ0n) is 19.9. The Kier molecular flexibility index (Phi) is 7.05. The minimum atomic E-state index is -3.68. The van der Waals surface area contributed by atoms with Gasteiger partial charge >= 0.3 is 0 Å². The van der Waals surface area contributed by atoms with Gasteiger partial charge in [-0.1, -0.05) is 94.3 Å². The minimum absolute atomic E-state index is 0.124. The van der Waals surface area contributed by atoms with Crippen molar-refractivity contribution in [3.05, 3.63) is 83.7 Å². The summed E-state index contributed by atoms with van der Waals surface area (Å²) in [5, 5.41) is 4.77. The molecule has 0 spiro atoms. The van der Waals surface area contributed by atoms with Gasteiger partial charge in [0.1, 0.15) is 4.90 Å². The van der Waals surface area contributed by atoms with Gasteiger partial charge in [0.15, 0.2) is 0 Å². The maximum Gasteiger partial charge on any atom is 0.243 e. The van der Waals surface area contributed by atoms with Gasteiger partial charge < -0.3 is 0 Å². The van der Waals surface area contributed by atoms with E-state index in [2.05, 4.69) is 29.0 Å². The lowest BCUT2D eigenvalue weighted by Crippen LogP contribution is -2.28. The molecule has 1 aliphatic carbocycles. The Balaban J connectivity index is 1.55. The SMILES string of the molecule is CC(C)(C)c1nn(C2CCCC2)cc1S(=O)(=O)NCCC(c1ccccc1)c1ccccc1. The zero-order chi connectivity index (χ0) is 23.5. The second kappa shape index (κ2) is 9.82. The molecule has 1 fully saturated rings. The monoisotopic (exact) mass is 465 g/mol.